The molecular formula is C11H16. The van der Waals surface area contributed by atoms with E-state index >= 15 is 0 Å². The van der Waals surface area contributed by atoms with Crippen LogP contribution in [0.3, 0.4) is 0 Å². The van der Waals surface area contributed by atoms with Crippen molar-refractivity contribution >= 4 is 0 Å². The lowest BCUT2D eigenvalue weighted by Crippen LogP contribution is -1.77. The van der Waals surface area contributed by atoms with Gasteiger partial charge in [0.05, 0.1) is 0 Å². The molecule has 1 aliphatic rings. The smallest absolute Gasteiger partial charge is 0.0135 e. The number of rotatable bonds is 2. The molecule has 0 aromatic heterocycles. The van der Waals surface area contributed by atoms with Crippen molar-refractivity contribution in [2.75, 3.05) is 0 Å². The second-order valence-electron chi connectivity index (χ2n) is 2.45. The maximum Gasteiger partial charge on any atom is -0.0135 e. The Labute approximate surface area is 69.6 Å². The van der Waals surface area contributed by atoms with Crippen molar-refractivity contribution in [1.29, 1.82) is 0 Å². The minimum Gasteiger partial charge on any atom is -0.103 e. The molecule has 0 heteroatoms. The summed E-state index contributed by atoms with van der Waals surface area (Å²) in [5, 5.41) is 0. The van der Waals surface area contributed by atoms with E-state index in [1.54, 1.807) is 0 Å². The normalized spacial score (nSPS) is 13.0. The molecule has 0 aromatic rings. The first-order chi connectivity index (χ1) is 4.84. The first-order valence-electron chi connectivity index (χ1n) is 3.50. The molecule has 11 heavy (non-hydrogen) atoms. The Hall–Kier alpha value is -1.04. The van der Waals surface area contributed by atoms with Crippen molar-refractivity contribution in [3.8, 4) is 0 Å². The van der Waals surface area contributed by atoms with E-state index in [1.165, 1.54) is 11.1 Å². The fraction of sp³-hybridized carbons (Fsp3) is 0.273. The molecule has 0 radical (unpaired) electrons. The molecule has 0 spiro atoms. The molecule has 1 rings (SSSR count). The van der Waals surface area contributed by atoms with Gasteiger partial charge >= 0.3 is 0 Å². The Balaban J connectivity index is 0.000001000. The Morgan fingerprint density at radius 1 is 1.45 bits per heavy atom. The molecule has 1 aliphatic carbocycles. The molecule has 0 atom stereocenters. The predicted octanol–water partition coefficient (Wildman–Crippen LogP) is 3.64. The van der Waals surface area contributed by atoms with E-state index in [1.807, 2.05) is 6.08 Å². The van der Waals surface area contributed by atoms with Gasteiger partial charge in [0, 0.05) is 0 Å². The molecular weight excluding hydrogens is 132 g/mol. The van der Waals surface area contributed by atoms with Gasteiger partial charge in [0.25, 0.3) is 0 Å². The van der Waals surface area contributed by atoms with Gasteiger partial charge in [-0.3, -0.25) is 0 Å². The summed E-state index contributed by atoms with van der Waals surface area (Å²) in [6.45, 7) is 5.83. The molecule has 0 fully saturated rings. The van der Waals surface area contributed by atoms with Crippen LogP contribution in [0.15, 0.2) is 48.1 Å². The van der Waals surface area contributed by atoms with Crippen LogP contribution < -0.4 is 0 Å². The lowest BCUT2D eigenvalue weighted by Gasteiger charge is -1.97. The Morgan fingerprint density at radius 3 is 2.45 bits per heavy atom. The van der Waals surface area contributed by atoms with Crippen LogP contribution in [0.4, 0.5) is 0 Å². The lowest BCUT2D eigenvalue weighted by atomic mass is 10.1. The lowest BCUT2D eigenvalue weighted by molar-refractivity contribution is 1.19. The Morgan fingerprint density at radius 2 is 2.00 bits per heavy atom. The highest BCUT2D eigenvalue weighted by atomic mass is 14.0. The number of allylic oxidation sites excluding steroid dienone is 7. The van der Waals surface area contributed by atoms with Gasteiger partial charge in [-0.2, -0.15) is 0 Å². The van der Waals surface area contributed by atoms with Crippen molar-refractivity contribution in [2.24, 2.45) is 0 Å². The topological polar surface area (TPSA) is 0 Å². The van der Waals surface area contributed by atoms with Gasteiger partial charge in [-0.15, -0.1) is 6.58 Å². The average Bonchev–Trinajstić information content (AvgIpc) is 2.38. The van der Waals surface area contributed by atoms with Crippen LogP contribution in [0.1, 0.15) is 20.8 Å². The van der Waals surface area contributed by atoms with Crippen LogP contribution in [-0.4, -0.2) is 0 Å². The largest absolute Gasteiger partial charge is 0.103 e. The first-order valence-corrected chi connectivity index (χ1v) is 3.50. The molecule has 0 bridgehead atoms. The number of hydrogen-bond acceptors (Lipinski definition) is 0. The standard InChI is InChI=1S/C10H12.CH4/c1-3-6-9(2)10-7-4-5-8-10;/h3-5,7-8H,1,6H2,2H3;1H4. The van der Waals surface area contributed by atoms with E-state index in [0.29, 0.717) is 0 Å². The minimum absolute atomic E-state index is 0. The summed E-state index contributed by atoms with van der Waals surface area (Å²) >= 11 is 0. The summed E-state index contributed by atoms with van der Waals surface area (Å²) in [4.78, 5) is 0. The maximum atomic E-state index is 3.69. The Bertz CT molecular complexity index is 200. The van der Waals surface area contributed by atoms with E-state index in [0.717, 1.165) is 6.42 Å². The van der Waals surface area contributed by atoms with Crippen LogP contribution in [0, 0.1) is 0 Å². The van der Waals surface area contributed by atoms with E-state index in [4.69, 9.17) is 0 Å². The monoisotopic (exact) mass is 148 g/mol. The molecule has 0 aliphatic heterocycles. The summed E-state index contributed by atoms with van der Waals surface area (Å²) in [5.41, 5.74) is 2.72. The van der Waals surface area contributed by atoms with E-state index in [2.05, 4.69) is 37.8 Å². The predicted molar refractivity (Wildman–Crippen MR) is 52.5 cm³/mol. The molecule has 0 heterocycles. The zero-order valence-electron chi connectivity index (χ0n) is 6.30. The van der Waals surface area contributed by atoms with Crippen LogP contribution in [0.5, 0.6) is 0 Å². The third-order valence-electron chi connectivity index (χ3n) is 1.61. The maximum absolute atomic E-state index is 3.69. The minimum atomic E-state index is 0. The van der Waals surface area contributed by atoms with E-state index in [-0.39, 0.29) is 7.43 Å². The zero-order valence-corrected chi connectivity index (χ0v) is 6.30. The third-order valence-corrected chi connectivity index (χ3v) is 1.61. The van der Waals surface area contributed by atoms with Crippen molar-refractivity contribution in [2.45, 2.75) is 20.8 Å². The molecule has 0 saturated heterocycles. The SMILES string of the molecule is C.C=CCC(C)=C1C=CC=C1. The molecule has 0 unspecified atom stereocenters. The highest BCUT2D eigenvalue weighted by Crippen LogP contribution is 2.15. The summed E-state index contributed by atoms with van der Waals surface area (Å²) < 4.78 is 0. The summed E-state index contributed by atoms with van der Waals surface area (Å²) in [6, 6.07) is 0. The quantitative estimate of drug-likeness (QED) is 0.524. The summed E-state index contributed by atoms with van der Waals surface area (Å²) in [6.07, 6.45) is 11.3. The van der Waals surface area contributed by atoms with E-state index < -0.39 is 0 Å². The van der Waals surface area contributed by atoms with Gasteiger partial charge in [0.2, 0.25) is 0 Å². The highest BCUT2D eigenvalue weighted by Gasteiger charge is 1.95. The second-order valence-corrected chi connectivity index (χ2v) is 2.45. The van der Waals surface area contributed by atoms with Crippen LogP contribution in [-0.2, 0) is 0 Å². The fourth-order valence-electron chi connectivity index (χ4n) is 0.993. The van der Waals surface area contributed by atoms with Gasteiger partial charge in [-0.05, 0) is 18.9 Å². The second kappa shape index (κ2) is 4.73. The summed E-state index contributed by atoms with van der Waals surface area (Å²) in [5.74, 6) is 0. The average molecular weight is 148 g/mol. The van der Waals surface area contributed by atoms with Crippen LogP contribution in [0.25, 0.3) is 0 Å². The first kappa shape index (κ1) is 9.96. The molecule has 0 amide bonds. The van der Waals surface area contributed by atoms with Gasteiger partial charge in [0.15, 0.2) is 0 Å². The number of hydrogen-bond donors (Lipinski definition) is 0. The van der Waals surface area contributed by atoms with Crippen LogP contribution >= 0.6 is 0 Å². The van der Waals surface area contributed by atoms with Crippen LogP contribution in [0.2, 0.25) is 0 Å². The van der Waals surface area contributed by atoms with Gasteiger partial charge in [0.1, 0.15) is 0 Å². The zero-order chi connectivity index (χ0) is 7.40. The van der Waals surface area contributed by atoms with Crippen molar-refractivity contribution in [3.63, 3.8) is 0 Å². The molecule has 0 N–H and O–H groups in total. The van der Waals surface area contributed by atoms with Gasteiger partial charge in [-0.1, -0.05) is 43.4 Å². The van der Waals surface area contributed by atoms with Crippen molar-refractivity contribution in [1.82, 2.24) is 0 Å². The van der Waals surface area contributed by atoms with Gasteiger partial charge in [-0.25, -0.2) is 0 Å². The summed E-state index contributed by atoms with van der Waals surface area (Å²) in [7, 11) is 0. The highest BCUT2D eigenvalue weighted by molar-refractivity contribution is 5.43. The molecule has 0 saturated carbocycles. The fourth-order valence-corrected chi connectivity index (χ4v) is 0.993. The molecule has 0 aromatic carbocycles. The van der Waals surface area contributed by atoms with E-state index in [9.17, 15) is 0 Å². The molecule has 0 nitrogen and oxygen atoms in total. The molecule has 60 valence electrons. The van der Waals surface area contributed by atoms with Gasteiger partial charge < -0.3 is 0 Å². The van der Waals surface area contributed by atoms with Crippen molar-refractivity contribution < 1.29 is 0 Å². The Kier molecular flexibility index (Phi) is 4.28. The third kappa shape index (κ3) is 2.58. The van der Waals surface area contributed by atoms with Crippen molar-refractivity contribution in [3.05, 3.63) is 48.1 Å².